The Morgan fingerprint density at radius 3 is 1.26 bits per heavy atom. The summed E-state index contributed by atoms with van der Waals surface area (Å²) in [6.45, 7) is -1.14. The van der Waals surface area contributed by atoms with Crippen molar-refractivity contribution >= 4 is 43.5 Å². The van der Waals surface area contributed by atoms with Crippen LogP contribution >= 0.6 is 18.8 Å². The molecule has 0 aromatic carbocycles. The topological polar surface area (TPSA) is 180 Å². The van der Waals surface area contributed by atoms with Crippen LogP contribution in [0.1, 0.15) is 0 Å². The predicted molar refractivity (Wildman–Crippen MR) is 90.7 cm³/mol. The van der Waals surface area contributed by atoms with E-state index in [1.165, 1.54) is 0 Å². The number of hydrogen-bond acceptors (Lipinski definition) is 10. The van der Waals surface area contributed by atoms with Gasteiger partial charge < -0.3 is 0 Å². The summed E-state index contributed by atoms with van der Waals surface area (Å²) in [6.07, 6.45) is -11.1. The fraction of sp³-hybridized carbons (Fsp3) is 1.00. The number of ether oxygens (including phenoxy) is 2. The molecule has 2 saturated heterocycles. The summed E-state index contributed by atoms with van der Waals surface area (Å²) in [7, 11) is 9.29. The van der Waals surface area contributed by atoms with Crippen molar-refractivity contribution in [2.24, 2.45) is 0 Å². The molecule has 0 aliphatic carbocycles. The SMILES string of the molecule is OC[C@H]1OC([Se][Pt]([Cl])([Cl])[Se]C2O[C@H](CO)[C@H](O)[C@H](O)[C@H]2O)[C@H](O)[C@@H](O)[C@H]1O. The Morgan fingerprint density at radius 1 is 0.630 bits per heavy atom. The molecule has 15 heteroatoms. The first-order valence-corrected chi connectivity index (χ1v) is 25.9. The van der Waals surface area contributed by atoms with Crippen LogP contribution in [-0.2, 0) is 19.3 Å². The van der Waals surface area contributed by atoms with Crippen LogP contribution in [0.5, 0.6) is 0 Å². The van der Waals surface area contributed by atoms with Crippen LogP contribution < -0.4 is 0 Å². The first kappa shape index (κ1) is 25.2. The van der Waals surface area contributed by atoms with Crippen LogP contribution in [0.3, 0.4) is 0 Å². The molecule has 2 unspecified atom stereocenters. The van der Waals surface area contributed by atoms with E-state index in [2.05, 4.69) is 0 Å². The minimum atomic E-state index is -3.69. The first-order chi connectivity index (χ1) is 12.5. The van der Waals surface area contributed by atoms with Gasteiger partial charge in [0.05, 0.1) is 0 Å². The number of aliphatic hydroxyl groups excluding tert-OH is 8. The molecule has 0 amide bonds. The van der Waals surface area contributed by atoms with E-state index in [9.17, 15) is 40.9 Å². The average molecular weight is 750 g/mol. The molecule has 10 atom stereocenters. The third kappa shape index (κ3) is 5.99. The molecule has 8 N–H and O–H groups in total. The second-order valence-electron chi connectivity index (χ2n) is 5.84. The first-order valence-electron chi connectivity index (χ1n) is 7.58. The maximum absolute atomic E-state index is 10.1. The van der Waals surface area contributed by atoms with Gasteiger partial charge in [-0.1, -0.05) is 0 Å². The summed E-state index contributed by atoms with van der Waals surface area (Å²) in [5.41, 5.74) is 0. The predicted octanol–water partition coefficient (Wildman–Crippen LogP) is -4.71. The zero-order valence-electron chi connectivity index (χ0n) is 13.5. The zero-order chi connectivity index (χ0) is 20.5. The van der Waals surface area contributed by atoms with Gasteiger partial charge in [-0.25, -0.2) is 0 Å². The monoisotopic (exact) mass is 751 g/mol. The van der Waals surface area contributed by atoms with E-state index in [0.29, 0.717) is 0 Å². The summed E-state index contributed by atoms with van der Waals surface area (Å²) in [5, 5.41) is 76.1. The average Bonchev–Trinajstić information content (AvgIpc) is 2.62. The summed E-state index contributed by atoms with van der Waals surface area (Å²) in [4.78, 5) is 0. The second-order valence-corrected chi connectivity index (χ2v) is 53.6. The molecule has 2 aliphatic heterocycles. The molecule has 2 aliphatic rings. The Balaban J connectivity index is 2.05. The van der Waals surface area contributed by atoms with Gasteiger partial charge in [0.25, 0.3) is 0 Å². The van der Waals surface area contributed by atoms with Crippen molar-refractivity contribution < 1.29 is 60.2 Å². The van der Waals surface area contributed by atoms with E-state index in [-0.39, 0.29) is 0 Å². The van der Waals surface area contributed by atoms with Gasteiger partial charge in [-0.2, -0.15) is 0 Å². The van der Waals surface area contributed by atoms with E-state index in [1.54, 1.807) is 0 Å². The molecule has 0 aromatic rings. The van der Waals surface area contributed by atoms with Crippen molar-refractivity contribution in [3.8, 4) is 0 Å². The van der Waals surface area contributed by atoms with Gasteiger partial charge in [0, 0.05) is 0 Å². The van der Waals surface area contributed by atoms with Crippen molar-refractivity contribution in [1.29, 1.82) is 0 Å². The Morgan fingerprint density at radius 2 is 0.963 bits per heavy atom. The molecule has 10 nitrogen and oxygen atoms in total. The van der Waals surface area contributed by atoms with Crippen molar-refractivity contribution in [3.63, 3.8) is 0 Å². The van der Waals surface area contributed by atoms with E-state index >= 15 is 0 Å². The van der Waals surface area contributed by atoms with E-state index < -0.39 is 107 Å². The molecular formula is C12H22Cl2O10PtSe2. The van der Waals surface area contributed by atoms with Crippen LogP contribution in [0.4, 0.5) is 0 Å². The third-order valence-electron chi connectivity index (χ3n) is 4.02. The van der Waals surface area contributed by atoms with Crippen LogP contribution in [-0.4, -0.2) is 138 Å². The molecule has 0 saturated carbocycles. The van der Waals surface area contributed by atoms with E-state index in [0.717, 1.165) is 0 Å². The second kappa shape index (κ2) is 10.5. The normalized spacial score (nSPS) is 47.0. The molecule has 2 heterocycles. The van der Waals surface area contributed by atoms with Crippen molar-refractivity contribution in [1.82, 2.24) is 0 Å². The third-order valence-corrected chi connectivity index (χ3v) is 39.4. The minimum absolute atomic E-state index is 0.570. The van der Waals surface area contributed by atoms with Gasteiger partial charge >= 0.3 is 176 Å². The van der Waals surface area contributed by atoms with Gasteiger partial charge in [0.1, 0.15) is 0 Å². The van der Waals surface area contributed by atoms with Crippen LogP contribution in [0.15, 0.2) is 0 Å². The molecule has 2 rings (SSSR count). The Hall–Kier alpha value is 1.91. The van der Waals surface area contributed by atoms with Gasteiger partial charge in [-0.3, -0.25) is 0 Å². The van der Waals surface area contributed by atoms with Crippen molar-refractivity contribution in [2.75, 3.05) is 13.2 Å². The quantitative estimate of drug-likeness (QED) is 0.123. The molecule has 0 spiro atoms. The van der Waals surface area contributed by atoms with Gasteiger partial charge in [-0.15, -0.1) is 0 Å². The van der Waals surface area contributed by atoms with Crippen molar-refractivity contribution in [3.05, 3.63) is 0 Å². The molecule has 27 heavy (non-hydrogen) atoms. The number of halogens is 2. The fourth-order valence-electron chi connectivity index (χ4n) is 2.45. The summed E-state index contributed by atoms with van der Waals surface area (Å²) >= 11 is -1.49. The number of aliphatic hydroxyl groups is 8. The van der Waals surface area contributed by atoms with Gasteiger partial charge in [-0.05, 0) is 0 Å². The zero-order valence-corrected chi connectivity index (χ0v) is 20.7. The van der Waals surface area contributed by atoms with Crippen LogP contribution in [0.25, 0.3) is 0 Å². The summed E-state index contributed by atoms with van der Waals surface area (Å²) in [6, 6.07) is 0. The summed E-state index contributed by atoms with van der Waals surface area (Å²) in [5.74, 6) is 0. The summed E-state index contributed by atoms with van der Waals surface area (Å²) < 4.78 is 10.9. The molecule has 0 bridgehead atoms. The maximum atomic E-state index is 10.1. The molecular weight excluding hydrogens is 728 g/mol. The van der Waals surface area contributed by atoms with Crippen LogP contribution in [0, 0.1) is 0 Å². The molecule has 0 radical (unpaired) electrons. The standard InChI is InChI=1S/2C6H12O5Se.2ClH.Pt/c2*7-1-2-3(8)4(9)5(10)6(12)11-2;;;/h2*2-10,12H,1H2;2*1H;/q;;;;+4/p-4/t2*2-,3+,4+,5-,6?;;;/m11.../s1. The van der Waals surface area contributed by atoms with Gasteiger partial charge in [0.15, 0.2) is 0 Å². The Bertz CT molecular complexity index is 453. The molecule has 166 valence electrons. The Labute approximate surface area is 174 Å². The Kier molecular flexibility index (Phi) is 9.77. The van der Waals surface area contributed by atoms with Crippen LogP contribution in [0.2, 0.25) is 0 Å². The van der Waals surface area contributed by atoms with Gasteiger partial charge in [0.2, 0.25) is 0 Å². The van der Waals surface area contributed by atoms with E-state index in [4.69, 9.17) is 28.3 Å². The number of hydrogen-bond donors (Lipinski definition) is 8. The van der Waals surface area contributed by atoms with E-state index in [1.807, 2.05) is 0 Å². The fourth-order valence-corrected chi connectivity index (χ4v) is 40.0. The number of rotatable bonds is 6. The molecule has 0 aromatic heterocycles. The molecule has 2 fully saturated rings. The van der Waals surface area contributed by atoms with Crippen molar-refractivity contribution in [2.45, 2.75) is 58.8 Å².